The van der Waals surface area contributed by atoms with E-state index in [4.69, 9.17) is 16.3 Å². The Balaban J connectivity index is 1.74. The average molecular weight is 443 g/mol. The van der Waals surface area contributed by atoms with Crippen LogP contribution < -0.4 is 9.64 Å². The van der Waals surface area contributed by atoms with Crippen molar-refractivity contribution in [3.05, 3.63) is 93.4 Å². The molecule has 0 bridgehead atoms. The summed E-state index contributed by atoms with van der Waals surface area (Å²) in [7, 11) is 1.63. The van der Waals surface area contributed by atoms with Gasteiger partial charge < -0.3 is 9.64 Å². The second kappa shape index (κ2) is 7.37. The van der Waals surface area contributed by atoms with E-state index in [1.807, 2.05) is 77.7 Å². The van der Waals surface area contributed by atoms with Gasteiger partial charge in [0.25, 0.3) is 0 Å². The van der Waals surface area contributed by atoms with Crippen LogP contribution >= 0.6 is 27.5 Å². The quantitative estimate of drug-likeness (QED) is 0.465. The number of ether oxygens (including phenoxy) is 1. The van der Waals surface area contributed by atoms with Gasteiger partial charge in [0.15, 0.2) is 0 Å². The fraction of sp³-hybridized carbons (Fsp3) is 0.136. The van der Waals surface area contributed by atoms with Crippen molar-refractivity contribution in [1.29, 1.82) is 0 Å². The van der Waals surface area contributed by atoms with Crippen molar-refractivity contribution in [1.82, 2.24) is 0 Å². The molecule has 4 rings (SSSR count). The van der Waals surface area contributed by atoms with E-state index >= 15 is 0 Å². The Morgan fingerprint density at radius 3 is 2.07 bits per heavy atom. The van der Waals surface area contributed by atoms with Crippen LogP contribution in [-0.4, -0.2) is 13.0 Å². The van der Waals surface area contributed by atoms with Crippen LogP contribution in [0.5, 0.6) is 5.75 Å². The summed E-state index contributed by atoms with van der Waals surface area (Å²) in [6.45, 7) is 0. The molecule has 136 valence electrons. The molecule has 2 unspecified atom stereocenters. The van der Waals surface area contributed by atoms with E-state index in [1.165, 1.54) is 0 Å². The monoisotopic (exact) mass is 441 g/mol. The number of benzene rings is 3. The normalized spacial score (nSPS) is 18.9. The number of methoxy groups -OCH3 is 1. The third kappa shape index (κ3) is 3.35. The number of rotatable bonds is 4. The number of carbonyl (C=O) groups is 1. The van der Waals surface area contributed by atoms with Gasteiger partial charge in [-0.05, 0) is 59.7 Å². The highest BCUT2D eigenvalue weighted by Gasteiger charge is 2.49. The first kappa shape index (κ1) is 18.1. The second-order valence-electron chi connectivity index (χ2n) is 6.43. The summed E-state index contributed by atoms with van der Waals surface area (Å²) in [6.07, 6.45) is 0. The molecular weight excluding hydrogens is 426 g/mol. The van der Waals surface area contributed by atoms with Gasteiger partial charge in [-0.25, -0.2) is 0 Å². The Labute approximate surface area is 171 Å². The van der Waals surface area contributed by atoms with Gasteiger partial charge in [0.05, 0.1) is 19.1 Å². The molecule has 5 heteroatoms. The highest BCUT2D eigenvalue weighted by Crippen LogP contribution is 2.49. The standard InChI is InChI=1S/C22H17BrClNO2/c1-27-19-12-10-18(11-13-19)25-21(15-4-8-17(24)9-5-15)20(22(25)26)14-2-6-16(23)7-3-14/h2-13,20-21H,1H3. The summed E-state index contributed by atoms with van der Waals surface area (Å²) in [5.74, 6) is 0.628. The zero-order chi connectivity index (χ0) is 19.0. The zero-order valence-electron chi connectivity index (χ0n) is 14.6. The van der Waals surface area contributed by atoms with Crippen molar-refractivity contribution in [2.24, 2.45) is 0 Å². The summed E-state index contributed by atoms with van der Waals surface area (Å²) >= 11 is 9.52. The van der Waals surface area contributed by atoms with Gasteiger partial charge in [0.1, 0.15) is 5.75 Å². The first-order valence-corrected chi connectivity index (χ1v) is 9.73. The largest absolute Gasteiger partial charge is 0.497 e. The predicted octanol–water partition coefficient (Wildman–Crippen LogP) is 5.98. The molecule has 1 aliphatic rings. The van der Waals surface area contributed by atoms with Crippen LogP contribution in [0.2, 0.25) is 5.02 Å². The lowest BCUT2D eigenvalue weighted by Crippen LogP contribution is -2.53. The van der Waals surface area contributed by atoms with Crippen LogP contribution in [0.15, 0.2) is 77.3 Å². The molecule has 0 radical (unpaired) electrons. The summed E-state index contributed by atoms with van der Waals surface area (Å²) in [5, 5.41) is 0.681. The molecule has 0 saturated carbocycles. The first-order valence-electron chi connectivity index (χ1n) is 8.56. The molecule has 0 aliphatic carbocycles. The minimum absolute atomic E-state index is 0.0793. The average Bonchev–Trinajstić information content (AvgIpc) is 2.69. The molecule has 27 heavy (non-hydrogen) atoms. The van der Waals surface area contributed by atoms with Crippen molar-refractivity contribution in [3.8, 4) is 5.75 Å². The first-order chi connectivity index (χ1) is 13.1. The van der Waals surface area contributed by atoms with E-state index in [9.17, 15) is 4.79 Å². The summed E-state index contributed by atoms with van der Waals surface area (Å²) in [5.41, 5.74) is 2.92. The number of anilines is 1. The topological polar surface area (TPSA) is 29.5 Å². The Morgan fingerprint density at radius 2 is 1.48 bits per heavy atom. The van der Waals surface area contributed by atoms with E-state index in [1.54, 1.807) is 7.11 Å². The van der Waals surface area contributed by atoms with Crippen LogP contribution in [0, 0.1) is 0 Å². The molecule has 3 aromatic carbocycles. The number of carbonyl (C=O) groups excluding carboxylic acids is 1. The molecule has 0 N–H and O–H groups in total. The smallest absolute Gasteiger partial charge is 0.237 e. The summed E-state index contributed by atoms with van der Waals surface area (Å²) in [6, 6.07) is 23.1. The van der Waals surface area contributed by atoms with Gasteiger partial charge in [-0.1, -0.05) is 51.8 Å². The molecular formula is C22H17BrClNO2. The Morgan fingerprint density at radius 1 is 0.889 bits per heavy atom. The van der Waals surface area contributed by atoms with Gasteiger partial charge in [-0.15, -0.1) is 0 Å². The van der Waals surface area contributed by atoms with Crippen molar-refractivity contribution in [2.45, 2.75) is 12.0 Å². The van der Waals surface area contributed by atoms with Crippen LogP contribution in [0.4, 0.5) is 5.69 Å². The van der Waals surface area contributed by atoms with E-state index in [0.717, 1.165) is 27.0 Å². The van der Waals surface area contributed by atoms with Gasteiger partial charge in [-0.3, -0.25) is 4.79 Å². The van der Waals surface area contributed by atoms with Gasteiger partial charge in [-0.2, -0.15) is 0 Å². The summed E-state index contributed by atoms with van der Waals surface area (Å²) in [4.78, 5) is 15.0. The molecule has 3 nitrogen and oxygen atoms in total. The molecule has 1 amide bonds. The van der Waals surface area contributed by atoms with Gasteiger partial charge in [0, 0.05) is 15.2 Å². The van der Waals surface area contributed by atoms with E-state index in [-0.39, 0.29) is 17.9 Å². The van der Waals surface area contributed by atoms with Crippen molar-refractivity contribution in [2.75, 3.05) is 12.0 Å². The summed E-state index contributed by atoms with van der Waals surface area (Å²) < 4.78 is 6.22. The van der Waals surface area contributed by atoms with E-state index < -0.39 is 0 Å². The zero-order valence-corrected chi connectivity index (χ0v) is 16.9. The molecule has 0 aromatic heterocycles. The highest BCUT2D eigenvalue weighted by atomic mass is 79.9. The fourth-order valence-corrected chi connectivity index (χ4v) is 3.91. The third-order valence-electron chi connectivity index (χ3n) is 4.89. The minimum Gasteiger partial charge on any atom is -0.497 e. The van der Waals surface area contributed by atoms with Crippen molar-refractivity contribution in [3.63, 3.8) is 0 Å². The van der Waals surface area contributed by atoms with Crippen LogP contribution in [-0.2, 0) is 4.79 Å². The van der Waals surface area contributed by atoms with Gasteiger partial charge in [0.2, 0.25) is 5.91 Å². The lowest BCUT2D eigenvalue weighted by atomic mass is 9.77. The second-order valence-corrected chi connectivity index (χ2v) is 7.78. The maximum Gasteiger partial charge on any atom is 0.237 e. The molecule has 1 fully saturated rings. The van der Waals surface area contributed by atoms with Crippen LogP contribution in [0.25, 0.3) is 0 Å². The van der Waals surface area contributed by atoms with E-state index in [0.29, 0.717) is 5.02 Å². The van der Waals surface area contributed by atoms with E-state index in [2.05, 4.69) is 15.9 Å². The molecule has 0 spiro atoms. The van der Waals surface area contributed by atoms with Crippen molar-refractivity contribution < 1.29 is 9.53 Å². The Bertz CT molecular complexity index is 955. The molecule has 2 atom stereocenters. The van der Waals surface area contributed by atoms with Gasteiger partial charge >= 0.3 is 0 Å². The Hall–Kier alpha value is -2.30. The lowest BCUT2D eigenvalue weighted by Gasteiger charge is -2.47. The van der Waals surface area contributed by atoms with Crippen LogP contribution in [0.3, 0.4) is 0 Å². The highest BCUT2D eigenvalue weighted by molar-refractivity contribution is 9.10. The van der Waals surface area contributed by atoms with Crippen LogP contribution in [0.1, 0.15) is 23.1 Å². The number of halogens is 2. The number of hydrogen-bond acceptors (Lipinski definition) is 2. The molecule has 1 aliphatic heterocycles. The molecule has 1 saturated heterocycles. The number of amides is 1. The number of hydrogen-bond donors (Lipinski definition) is 0. The maximum atomic E-state index is 13.1. The molecule has 1 heterocycles. The third-order valence-corrected chi connectivity index (χ3v) is 5.67. The van der Waals surface area contributed by atoms with Crippen molar-refractivity contribution >= 4 is 39.1 Å². The minimum atomic E-state index is -0.221. The SMILES string of the molecule is COc1ccc(N2C(=O)C(c3ccc(Br)cc3)C2c2ccc(Cl)cc2)cc1. The predicted molar refractivity (Wildman–Crippen MR) is 112 cm³/mol. The number of nitrogens with zero attached hydrogens (tertiary/aromatic N) is 1. The maximum absolute atomic E-state index is 13.1. The Kier molecular flexibility index (Phi) is 4.94. The molecule has 3 aromatic rings. The fourth-order valence-electron chi connectivity index (χ4n) is 3.52. The lowest BCUT2D eigenvalue weighted by molar-refractivity contribution is -0.126. The number of β-lactam (4-membered cyclic amide) rings is 1.